The van der Waals surface area contributed by atoms with E-state index in [0.717, 1.165) is 6.07 Å². The van der Waals surface area contributed by atoms with Gasteiger partial charge in [0.15, 0.2) is 0 Å². The van der Waals surface area contributed by atoms with Crippen LogP contribution >= 0.6 is 0 Å². The number of carbonyl (C=O) groups excluding carboxylic acids is 1. The van der Waals surface area contributed by atoms with Gasteiger partial charge in [-0.25, -0.2) is 13.6 Å². The van der Waals surface area contributed by atoms with Crippen LogP contribution in [-0.2, 0) is 17.7 Å². The summed E-state index contributed by atoms with van der Waals surface area (Å²) in [7, 11) is 1.29. The number of benzene rings is 3. The topological polar surface area (TPSA) is 70.4 Å². The number of fused-ring (bicyclic) bond motifs is 1. The van der Waals surface area contributed by atoms with Crippen LogP contribution in [-0.4, -0.2) is 22.6 Å². The summed E-state index contributed by atoms with van der Waals surface area (Å²) >= 11 is 0. The summed E-state index contributed by atoms with van der Waals surface area (Å²) in [6.45, 7) is 1.90. The lowest BCUT2D eigenvalue weighted by atomic mass is 10.0. The van der Waals surface area contributed by atoms with Crippen LogP contribution in [0, 0.1) is 11.6 Å². The first kappa shape index (κ1) is 22.1. The lowest BCUT2D eigenvalue weighted by Gasteiger charge is -2.15. The molecule has 0 atom stereocenters. The lowest BCUT2D eigenvalue weighted by molar-refractivity contribution is 0.0600. The van der Waals surface area contributed by atoms with Crippen molar-refractivity contribution in [2.45, 2.75) is 19.9 Å². The zero-order valence-corrected chi connectivity index (χ0v) is 18.0. The molecule has 3 aromatic carbocycles. The van der Waals surface area contributed by atoms with E-state index in [1.54, 1.807) is 34.9 Å². The quantitative estimate of drug-likeness (QED) is 0.392. The minimum absolute atomic E-state index is 0.0838. The van der Waals surface area contributed by atoms with Gasteiger partial charge < -0.3 is 14.0 Å². The van der Waals surface area contributed by atoms with Gasteiger partial charge in [-0.05, 0) is 54.4 Å². The van der Waals surface area contributed by atoms with Crippen molar-refractivity contribution in [1.29, 1.82) is 0 Å². The Kier molecular flexibility index (Phi) is 6.17. The monoisotopic (exact) mass is 450 g/mol. The molecule has 0 bridgehead atoms. The van der Waals surface area contributed by atoms with E-state index in [-0.39, 0.29) is 11.9 Å². The number of esters is 1. The Labute approximate surface area is 188 Å². The molecule has 0 fully saturated rings. The SMILES string of the molecule is CCc1cc(F)cc(F)c1Cn1cnc(=O)c2cc(Oc3cccc(C(=O)OC)c3)ccc21. The predicted octanol–water partition coefficient (Wildman–Crippen LogP) is 4.86. The number of hydrogen-bond donors (Lipinski definition) is 0. The largest absolute Gasteiger partial charge is 0.465 e. The van der Waals surface area contributed by atoms with Crippen LogP contribution < -0.4 is 10.3 Å². The summed E-state index contributed by atoms with van der Waals surface area (Å²) in [6.07, 6.45) is 1.80. The van der Waals surface area contributed by atoms with Gasteiger partial charge in [0, 0.05) is 11.6 Å². The number of rotatable bonds is 6. The molecule has 1 aromatic heterocycles. The molecule has 0 radical (unpaired) electrons. The molecule has 33 heavy (non-hydrogen) atoms. The minimum Gasteiger partial charge on any atom is -0.465 e. The minimum atomic E-state index is -0.649. The lowest BCUT2D eigenvalue weighted by Crippen LogP contribution is -2.14. The Morgan fingerprint density at radius 1 is 1.06 bits per heavy atom. The van der Waals surface area contributed by atoms with E-state index in [1.165, 1.54) is 31.6 Å². The third kappa shape index (κ3) is 4.59. The van der Waals surface area contributed by atoms with Crippen molar-refractivity contribution < 1.29 is 23.0 Å². The van der Waals surface area contributed by atoms with Crippen LogP contribution in [0.4, 0.5) is 8.78 Å². The van der Waals surface area contributed by atoms with Crippen LogP contribution in [0.15, 0.2) is 65.7 Å². The number of nitrogens with zero attached hydrogens (tertiary/aromatic N) is 2. The molecular formula is C25H20F2N2O4. The molecule has 4 aromatic rings. The van der Waals surface area contributed by atoms with Crippen molar-refractivity contribution in [2.75, 3.05) is 7.11 Å². The molecule has 0 aliphatic heterocycles. The molecule has 0 N–H and O–H groups in total. The molecular weight excluding hydrogens is 430 g/mol. The number of aryl methyl sites for hydroxylation is 1. The maximum absolute atomic E-state index is 14.5. The molecule has 8 heteroatoms. The van der Waals surface area contributed by atoms with E-state index >= 15 is 0 Å². The van der Waals surface area contributed by atoms with Gasteiger partial charge in [0.25, 0.3) is 5.56 Å². The molecule has 6 nitrogen and oxygen atoms in total. The summed E-state index contributed by atoms with van der Waals surface area (Å²) in [6, 6.07) is 13.5. The van der Waals surface area contributed by atoms with Crippen LogP contribution in [0.2, 0.25) is 0 Å². The molecule has 0 aliphatic carbocycles. The van der Waals surface area contributed by atoms with Crippen molar-refractivity contribution in [3.05, 3.63) is 99.6 Å². The number of carbonyl (C=O) groups is 1. The standard InChI is InChI=1S/C25H20F2N2O4/c1-3-15-9-17(26)11-22(27)21(15)13-29-14-28-24(30)20-12-19(7-8-23(20)29)33-18-6-4-5-16(10-18)25(31)32-2/h4-12,14H,3,13H2,1-2H3. The Hall–Kier alpha value is -4.07. The van der Waals surface area contributed by atoms with Crippen molar-refractivity contribution in [3.8, 4) is 11.5 Å². The van der Waals surface area contributed by atoms with E-state index in [4.69, 9.17) is 9.47 Å². The summed E-state index contributed by atoms with van der Waals surface area (Å²) in [5.74, 6) is -1.02. The zero-order valence-electron chi connectivity index (χ0n) is 18.0. The van der Waals surface area contributed by atoms with E-state index in [9.17, 15) is 18.4 Å². The molecule has 0 saturated heterocycles. The molecule has 0 amide bonds. The second-order valence-electron chi connectivity index (χ2n) is 7.36. The van der Waals surface area contributed by atoms with Gasteiger partial charge in [-0.1, -0.05) is 13.0 Å². The molecule has 0 spiro atoms. The number of aromatic nitrogens is 2. The van der Waals surface area contributed by atoms with Gasteiger partial charge in [0.1, 0.15) is 23.1 Å². The van der Waals surface area contributed by atoms with E-state index < -0.39 is 23.2 Å². The fourth-order valence-corrected chi connectivity index (χ4v) is 3.64. The molecule has 168 valence electrons. The fourth-order valence-electron chi connectivity index (χ4n) is 3.64. The smallest absolute Gasteiger partial charge is 0.337 e. The first-order valence-electron chi connectivity index (χ1n) is 10.2. The van der Waals surface area contributed by atoms with Crippen molar-refractivity contribution in [2.24, 2.45) is 0 Å². The van der Waals surface area contributed by atoms with Crippen LogP contribution in [0.3, 0.4) is 0 Å². The molecule has 0 aliphatic rings. The van der Waals surface area contributed by atoms with Crippen molar-refractivity contribution in [1.82, 2.24) is 9.55 Å². The normalized spacial score (nSPS) is 10.9. The van der Waals surface area contributed by atoms with E-state index in [2.05, 4.69) is 4.98 Å². The average Bonchev–Trinajstić information content (AvgIpc) is 2.81. The van der Waals surface area contributed by atoms with Gasteiger partial charge in [-0.3, -0.25) is 4.79 Å². The fraction of sp³-hybridized carbons (Fsp3) is 0.160. The summed E-state index contributed by atoms with van der Waals surface area (Å²) in [5.41, 5.74) is 1.27. The third-order valence-electron chi connectivity index (χ3n) is 5.28. The van der Waals surface area contributed by atoms with Gasteiger partial charge in [0.05, 0.1) is 36.4 Å². The number of methoxy groups -OCH3 is 1. The second-order valence-corrected chi connectivity index (χ2v) is 7.36. The predicted molar refractivity (Wildman–Crippen MR) is 119 cm³/mol. The molecule has 1 heterocycles. The molecule has 4 rings (SSSR count). The third-order valence-corrected chi connectivity index (χ3v) is 5.28. The first-order chi connectivity index (χ1) is 15.9. The summed E-state index contributed by atoms with van der Waals surface area (Å²) in [4.78, 5) is 28.1. The Balaban J connectivity index is 1.70. The van der Waals surface area contributed by atoms with Crippen molar-refractivity contribution >= 4 is 16.9 Å². The Bertz CT molecular complexity index is 1420. The van der Waals surface area contributed by atoms with Gasteiger partial charge >= 0.3 is 5.97 Å². The van der Waals surface area contributed by atoms with Gasteiger partial charge in [-0.15, -0.1) is 0 Å². The van der Waals surface area contributed by atoms with Crippen LogP contribution in [0.1, 0.15) is 28.4 Å². The van der Waals surface area contributed by atoms with E-state index in [1.807, 2.05) is 6.92 Å². The maximum atomic E-state index is 14.5. The average molecular weight is 450 g/mol. The maximum Gasteiger partial charge on any atom is 0.337 e. The van der Waals surface area contributed by atoms with Gasteiger partial charge in [-0.2, -0.15) is 4.98 Å². The number of hydrogen-bond acceptors (Lipinski definition) is 5. The van der Waals surface area contributed by atoms with Crippen molar-refractivity contribution in [3.63, 3.8) is 0 Å². The Morgan fingerprint density at radius 2 is 1.85 bits per heavy atom. The van der Waals surface area contributed by atoms with Gasteiger partial charge in [0.2, 0.25) is 0 Å². The highest BCUT2D eigenvalue weighted by atomic mass is 19.1. The number of ether oxygens (including phenoxy) is 2. The summed E-state index contributed by atoms with van der Waals surface area (Å²) in [5, 5.41) is 0.277. The highest BCUT2D eigenvalue weighted by Gasteiger charge is 2.14. The van der Waals surface area contributed by atoms with E-state index in [0.29, 0.717) is 40.1 Å². The van der Waals surface area contributed by atoms with Crippen LogP contribution in [0.25, 0.3) is 10.9 Å². The zero-order chi connectivity index (χ0) is 23.5. The first-order valence-corrected chi connectivity index (χ1v) is 10.2. The highest BCUT2D eigenvalue weighted by molar-refractivity contribution is 5.89. The van der Waals surface area contributed by atoms with Crippen LogP contribution in [0.5, 0.6) is 11.5 Å². The molecule has 0 saturated carbocycles. The summed E-state index contributed by atoms with van der Waals surface area (Å²) < 4.78 is 40.3. The molecule has 0 unspecified atom stereocenters. The second kappa shape index (κ2) is 9.20. The highest BCUT2D eigenvalue weighted by Crippen LogP contribution is 2.26. The Morgan fingerprint density at radius 3 is 2.61 bits per heavy atom. The number of halogens is 2.